The Morgan fingerprint density at radius 1 is 0.872 bits per heavy atom. The summed E-state index contributed by atoms with van der Waals surface area (Å²) < 4.78 is 19.1. The molecular weight excluding hydrogens is 491 g/mol. The molecule has 0 unspecified atom stereocenters. The molecule has 5 rings (SSSR count). The van der Waals surface area contributed by atoms with Crippen molar-refractivity contribution < 1.29 is 18.7 Å². The number of ether oxygens (including phenoxy) is 1. The van der Waals surface area contributed by atoms with Gasteiger partial charge in [0.1, 0.15) is 17.6 Å². The summed E-state index contributed by atoms with van der Waals surface area (Å²) >= 11 is 0. The van der Waals surface area contributed by atoms with Crippen LogP contribution in [0.5, 0.6) is 5.75 Å². The maximum absolute atomic E-state index is 14.6. The summed E-state index contributed by atoms with van der Waals surface area (Å²) in [5.74, 6) is 0.510. The highest BCUT2D eigenvalue weighted by Crippen LogP contribution is 2.35. The molecule has 2 atom stereocenters. The van der Waals surface area contributed by atoms with Gasteiger partial charge in [0, 0.05) is 25.4 Å². The maximum Gasteiger partial charge on any atom is 0.246 e. The van der Waals surface area contributed by atoms with Crippen molar-refractivity contribution in [2.75, 3.05) is 13.7 Å². The van der Waals surface area contributed by atoms with Crippen molar-refractivity contribution in [1.82, 2.24) is 9.80 Å². The van der Waals surface area contributed by atoms with Crippen LogP contribution in [0.15, 0.2) is 78.9 Å². The van der Waals surface area contributed by atoms with Crippen molar-refractivity contribution >= 4 is 11.8 Å². The number of methoxy groups -OCH3 is 1. The predicted octanol–water partition coefficient (Wildman–Crippen LogP) is 6.33. The molecule has 1 aliphatic heterocycles. The van der Waals surface area contributed by atoms with Gasteiger partial charge in [-0.15, -0.1) is 0 Å². The van der Waals surface area contributed by atoms with E-state index < -0.39 is 6.04 Å². The van der Waals surface area contributed by atoms with Gasteiger partial charge in [-0.25, -0.2) is 4.39 Å². The Kier molecular flexibility index (Phi) is 8.60. The fourth-order valence-electron chi connectivity index (χ4n) is 6.10. The van der Waals surface area contributed by atoms with Crippen LogP contribution in [0, 0.1) is 11.7 Å². The van der Waals surface area contributed by atoms with Gasteiger partial charge in [-0.05, 0) is 66.6 Å². The van der Waals surface area contributed by atoms with Crippen LogP contribution in [0.1, 0.15) is 61.3 Å². The van der Waals surface area contributed by atoms with E-state index in [0.29, 0.717) is 19.5 Å². The summed E-state index contributed by atoms with van der Waals surface area (Å²) in [6, 6.07) is 23.4. The molecule has 204 valence electrons. The van der Waals surface area contributed by atoms with Crippen molar-refractivity contribution in [3.05, 3.63) is 101 Å². The Labute approximate surface area is 230 Å². The molecule has 1 saturated heterocycles. The number of halogens is 1. The first-order valence-corrected chi connectivity index (χ1v) is 14.1. The molecular formula is C33H37FN2O3. The third-order valence-corrected chi connectivity index (χ3v) is 8.22. The van der Waals surface area contributed by atoms with Crippen LogP contribution in [-0.2, 0) is 22.6 Å². The molecule has 6 heteroatoms. The van der Waals surface area contributed by atoms with Crippen LogP contribution in [0.2, 0.25) is 0 Å². The Bertz CT molecular complexity index is 1240. The number of nitrogens with zero attached hydrogens (tertiary/aromatic N) is 2. The summed E-state index contributed by atoms with van der Waals surface area (Å²) in [7, 11) is 1.64. The summed E-state index contributed by atoms with van der Waals surface area (Å²) in [4.78, 5) is 32.3. The van der Waals surface area contributed by atoms with Gasteiger partial charge < -0.3 is 14.5 Å². The fourth-order valence-corrected chi connectivity index (χ4v) is 6.10. The van der Waals surface area contributed by atoms with Crippen molar-refractivity contribution in [2.24, 2.45) is 5.92 Å². The lowest BCUT2D eigenvalue weighted by Gasteiger charge is -2.42. The highest BCUT2D eigenvalue weighted by atomic mass is 19.1. The molecule has 0 N–H and O–H groups in total. The minimum atomic E-state index is -0.595. The Balaban J connectivity index is 1.54. The van der Waals surface area contributed by atoms with E-state index in [9.17, 15) is 14.0 Å². The third-order valence-electron chi connectivity index (χ3n) is 8.22. The summed E-state index contributed by atoms with van der Waals surface area (Å²) in [5, 5.41) is 0. The van der Waals surface area contributed by atoms with Gasteiger partial charge >= 0.3 is 0 Å². The number of hydrogen-bond donors (Lipinski definition) is 0. The van der Waals surface area contributed by atoms with Gasteiger partial charge in [0.15, 0.2) is 0 Å². The zero-order valence-electron chi connectivity index (χ0n) is 22.6. The first-order valence-electron chi connectivity index (χ1n) is 14.1. The lowest BCUT2D eigenvalue weighted by atomic mass is 9.93. The van der Waals surface area contributed by atoms with Crippen molar-refractivity contribution in [1.29, 1.82) is 0 Å². The molecule has 0 spiro atoms. The average molecular weight is 529 g/mol. The second-order valence-corrected chi connectivity index (χ2v) is 10.7. The van der Waals surface area contributed by atoms with Crippen LogP contribution < -0.4 is 4.74 Å². The number of hydrogen-bond acceptors (Lipinski definition) is 3. The van der Waals surface area contributed by atoms with Gasteiger partial charge in [0.25, 0.3) is 0 Å². The maximum atomic E-state index is 14.6. The molecule has 3 aromatic rings. The largest absolute Gasteiger partial charge is 0.497 e. The summed E-state index contributed by atoms with van der Waals surface area (Å²) in [6.45, 7) is 0.905. The Morgan fingerprint density at radius 3 is 2.23 bits per heavy atom. The first-order chi connectivity index (χ1) is 19.0. The molecule has 1 heterocycles. The number of carbonyl (C=O) groups excluding carboxylic acids is 2. The molecule has 1 aliphatic carbocycles. The second-order valence-electron chi connectivity index (χ2n) is 10.7. The van der Waals surface area contributed by atoms with Gasteiger partial charge in [-0.2, -0.15) is 0 Å². The Morgan fingerprint density at radius 2 is 1.56 bits per heavy atom. The number of benzene rings is 3. The minimum Gasteiger partial charge on any atom is -0.497 e. The number of rotatable bonds is 7. The van der Waals surface area contributed by atoms with Crippen LogP contribution in [-0.4, -0.2) is 41.3 Å². The predicted molar refractivity (Wildman–Crippen MR) is 150 cm³/mol. The smallest absolute Gasteiger partial charge is 0.246 e. The van der Waals surface area contributed by atoms with E-state index in [-0.39, 0.29) is 29.6 Å². The number of amides is 2. The molecule has 2 aliphatic rings. The SMILES string of the molecule is COc1ccc([C@H]2CCCN(C(=O)C3CCCC3)[C@H](Cc3ccccc3)C(=O)N2Cc2ccc(F)cc2)cc1. The average Bonchev–Trinajstić information content (AvgIpc) is 3.51. The van der Waals surface area contributed by atoms with E-state index >= 15 is 0 Å². The van der Waals surface area contributed by atoms with Gasteiger partial charge in [0.05, 0.1) is 13.2 Å². The molecule has 39 heavy (non-hydrogen) atoms. The van der Waals surface area contributed by atoms with E-state index in [1.54, 1.807) is 19.2 Å². The van der Waals surface area contributed by atoms with Crippen LogP contribution in [0.3, 0.4) is 0 Å². The molecule has 1 saturated carbocycles. The Hall–Kier alpha value is -3.67. The topological polar surface area (TPSA) is 49.9 Å². The highest BCUT2D eigenvalue weighted by Gasteiger charge is 2.40. The molecule has 0 radical (unpaired) electrons. The lowest BCUT2D eigenvalue weighted by molar-refractivity contribution is -0.151. The van der Waals surface area contributed by atoms with E-state index in [1.807, 2.05) is 64.4 Å². The monoisotopic (exact) mass is 528 g/mol. The van der Waals surface area contributed by atoms with Crippen LogP contribution in [0.4, 0.5) is 4.39 Å². The second kappa shape index (κ2) is 12.5. The van der Waals surface area contributed by atoms with Crippen LogP contribution >= 0.6 is 0 Å². The highest BCUT2D eigenvalue weighted by molar-refractivity contribution is 5.89. The van der Waals surface area contributed by atoms with E-state index in [1.165, 1.54) is 12.1 Å². The standard InChI is InChI=1S/C33H37FN2O3/c1-39-29-19-15-26(16-20-29)30-12-7-21-35(32(37)27-10-5-6-11-27)31(22-24-8-3-2-4-9-24)33(38)36(30)23-25-13-17-28(34)18-14-25/h2-4,8-9,13-20,27,30-31H,5-7,10-12,21-23H2,1H3/t30-,31-/m1/s1. The van der Waals surface area contributed by atoms with E-state index in [2.05, 4.69) is 0 Å². The van der Waals surface area contributed by atoms with E-state index in [0.717, 1.165) is 61.0 Å². The first kappa shape index (κ1) is 26.9. The lowest BCUT2D eigenvalue weighted by Crippen LogP contribution is -2.55. The molecule has 5 nitrogen and oxygen atoms in total. The quantitative estimate of drug-likeness (QED) is 0.360. The van der Waals surface area contributed by atoms with E-state index in [4.69, 9.17) is 4.74 Å². The van der Waals surface area contributed by atoms with Crippen molar-refractivity contribution in [3.8, 4) is 5.75 Å². The molecule has 2 amide bonds. The zero-order valence-corrected chi connectivity index (χ0v) is 22.6. The van der Waals surface area contributed by atoms with Gasteiger partial charge in [-0.1, -0.05) is 67.4 Å². The molecule has 0 bridgehead atoms. The fraction of sp³-hybridized carbons (Fsp3) is 0.394. The number of carbonyl (C=O) groups is 2. The normalized spacial score (nSPS) is 20.5. The van der Waals surface area contributed by atoms with Gasteiger partial charge in [0.2, 0.25) is 11.8 Å². The van der Waals surface area contributed by atoms with Crippen molar-refractivity contribution in [2.45, 2.75) is 63.6 Å². The van der Waals surface area contributed by atoms with Crippen molar-refractivity contribution in [3.63, 3.8) is 0 Å². The molecule has 3 aromatic carbocycles. The molecule has 2 fully saturated rings. The van der Waals surface area contributed by atoms with Crippen LogP contribution in [0.25, 0.3) is 0 Å². The zero-order chi connectivity index (χ0) is 27.2. The minimum absolute atomic E-state index is 0.00145. The summed E-state index contributed by atoms with van der Waals surface area (Å²) in [5.41, 5.74) is 2.92. The third kappa shape index (κ3) is 6.32. The molecule has 0 aromatic heterocycles. The summed E-state index contributed by atoms with van der Waals surface area (Å²) in [6.07, 6.45) is 5.91. The van der Waals surface area contributed by atoms with Gasteiger partial charge in [-0.3, -0.25) is 9.59 Å².